The highest BCUT2D eigenvalue weighted by Gasteiger charge is 2.25. The number of anilines is 1. The van der Waals surface area contributed by atoms with Crippen LogP contribution in [0.15, 0.2) is 35.4 Å². The third-order valence-corrected chi connectivity index (χ3v) is 5.92. The Morgan fingerprint density at radius 2 is 2.00 bits per heavy atom. The lowest BCUT2D eigenvalue weighted by atomic mass is 10.2. The number of thiophene rings is 1. The third-order valence-electron chi connectivity index (χ3n) is 4.72. The van der Waals surface area contributed by atoms with Crippen LogP contribution in [0.25, 0.3) is 10.2 Å². The molecule has 2 heterocycles. The summed E-state index contributed by atoms with van der Waals surface area (Å²) in [6.45, 7) is 5.44. The molecule has 0 radical (unpaired) electrons. The van der Waals surface area contributed by atoms with Gasteiger partial charge in [-0.1, -0.05) is 19.1 Å². The summed E-state index contributed by atoms with van der Waals surface area (Å²) in [5.41, 5.74) is 0.679. The van der Waals surface area contributed by atoms with E-state index < -0.39 is 12.0 Å². The van der Waals surface area contributed by atoms with E-state index in [9.17, 15) is 14.4 Å². The maximum atomic E-state index is 13.1. The number of ether oxygens (including phenoxy) is 2. The number of esters is 1. The van der Waals surface area contributed by atoms with Crippen molar-refractivity contribution in [3.05, 3.63) is 51.4 Å². The van der Waals surface area contributed by atoms with E-state index in [1.807, 2.05) is 0 Å². The van der Waals surface area contributed by atoms with Crippen LogP contribution in [0.5, 0.6) is 5.75 Å². The molecule has 0 saturated heterocycles. The summed E-state index contributed by atoms with van der Waals surface area (Å²) in [4.78, 5) is 43.4. The standard InChI is InChI=1S/C21H23N3O5S/c1-5-14(21(27)29-6-2)24-11-22-19-16(20(24)26)12(3)17(30-19)18(25)23-13-9-7-8-10-15(13)28-4/h7-11,14H,5-6H2,1-4H3,(H,23,25). The number of carbonyl (C=O) groups excluding carboxylic acids is 2. The first-order valence-electron chi connectivity index (χ1n) is 9.54. The van der Waals surface area contributed by atoms with Gasteiger partial charge in [0.2, 0.25) is 0 Å². The highest BCUT2D eigenvalue weighted by Crippen LogP contribution is 2.30. The summed E-state index contributed by atoms with van der Waals surface area (Å²) in [6, 6.07) is 6.30. The minimum absolute atomic E-state index is 0.227. The molecule has 9 heteroatoms. The molecule has 158 valence electrons. The van der Waals surface area contributed by atoms with Crippen molar-refractivity contribution in [1.82, 2.24) is 9.55 Å². The fourth-order valence-corrected chi connectivity index (χ4v) is 4.25. The largest absolute Gasteiger partial charge is 0.495 e. The van der Waals surface area contributed by atoms with Gasteiger partial charge in [0.25, 0.3) is 11.5 Å². The minimum Gasteiger partial charge on any atom is -0.495 e. The van der Waals surface area contributed by atoms with Crippen LogP contribution in [0.2, 0.25) is 0 Å². The maximum absolute atomic E-state index is 13.1. The van der Waals surface area contributed by atoms with Gasteiger partial charge < -0.3 is 14.8 Å². The number of hydrogen-bond acceptors (Lipinski definition) is 7. The quantitative estimate of drug-likeness (QED) is 0.577. The molecule has 1 unspecified atom stereocenters. The van der Waals surface area contributed by atoms with Gasteiger partial charge >= 0.3 is 5.97 Å². The Labute approximate surface area is 177 Å². The van der Waals surface area contributed by atoms with Crippen LogP contribution in [-0.4, -0.2) is 35.1 Å². The maximum Gasteiger partial charge on any atom is 0.329 e. The van der Waals surface area contributed by atoms with Crippen molar-refractivity contribution in [2.75, 3.05) is 19.0 Å². The molecule has 1 N–H and O–H groups in total. The van der Waals surface area contributed by atoms with Crippen LogP contribution >= 0.6 is 11.3 Å². The predicted octanol–water partition coefficient (Wildman–Crippen LogP) is 3.54. The first kappa shape index (κ1) is 21.5. The summed E-state index contributed by atoms with van der Waals surface area (Å²) in [7, 11) is 1.52. The number of hydrogen-bond donors (Lipinski definition) is 1. The Hall–Kier alpha value is -3.20. The fraction of sp³-hybridized carbons (Fsp3) is 0.333. The van der Waals surface area contributed by atoms with Crippen molar-refractivity contribution in [2.45, 2.75) is 33.2 Å². The van der Waals surface area contributed by atoms with Crippen LogP contribution in [0.3, 0.4) is 0 Å². The monoisotopic (exact) mass is 429 g/mol. The highest BCUT2D eigenvalue weighted by atomic mass is 32.1. The average molecular weight is 429 g/mol. The van der Waals surface area contributed by atoms with E-state index in [0.29, 0.717) is 38.5 Å². The van der Waals surface area contributed by atoms with Crippen LogP contribution in [-0.2, 0) is 9.53 Å². The molecule has 1 amide bonds. The van der Waals surface area contributed by atoms with Crippen molar-refractivity contribution in [3.8, 4) is 5.75 Å². The molecule has 2 aromatic heterocycles. The lowest BCUT2D eigenvalue weighted by Gasteiger charge is -2.16. The van der Waals surface area contributed by atoms with E-state index in [0.717, 1.165) is 11.3 Å². The molecule has 30 heavy (non-hydrogen) atoms. The Morgan fingerprint density at radius 1 is 1.27 bits per heavy atom. The molecule has 1 aromatic carbocycles. The molecule has 3 rings (SSSR count). The van der Waals surface area contributed by atoms with Crippen molar-refractivity contribution < 1.29 is 19.1 Å². The van der Waals surface area contributed by atoms with E-state index in [1.165, 1.54) is 18.0 Å². The first-order valence-corrected chi connectivity index (χ1v) is 10.4. The number of aryl methyl sites for hydroxylation is 1. The smallest absolute Gasteiger partial charge is 0.329 e. The van der Waals surface area contributed by atoms with Crippen molar-refractivity contribution >= 4 is 39.1 Å². The van der Waals surface area contributed by atoms with Crippen LogP contribution < -0.4 is 15.6 Å². The first-order chi connectivity index (χ1) is 14.4. The molecule has 0 aliphatic rings. The zero-order valence-corrected chi connectivity index (χ0v) is 18.0. The number of aromatic nitrogens is 2. The molecule has 1 atom stereocenters. The lowest BCUT2D eigenvalue weighted by Crippen LogP contribution is -2.31. The Kier molecular flexibility index (Phi) is 6.51. The van der Waals surface area contributed by atoms with Crippen molar-refractivity contribution in [1.29, 1.82) is 0 Å². The van der Waals surface area contributed by atoms with Gasteiger partial charge in [-0.2, -0.15) is 0 Å². The highest BCUT2D eigenvalue weighted by molar-refractivity contribution is 7.20. The molecular weight excluding hydrogens is 406 g/mol. The van der Waals surface area contributed by atoms with Crippen molar-refractivity contribution in [2.24, 2.45) is 0 Å². The number of rotatable bonds is 7. The topological polar surface area (TPSA) is 99.5 Å². The van der Waals surface area contributed by atoms with E-state index in [-0.39, 0.29) is 18.1 Å². The Balaban J connectivity index is 2.02. The van der Waals surface area contributed by atoms with E-state index in [1.54, 1.807) is 45.0 Å². The minimum atomic E-state index is -0.764. The average Bonchev–Trinajstić information content (AvgIpc) is 3.08. The number of fused-ring (bicyclic) bond motifs is 1. The van der Waals surface area contributed by atoms with Gasteiger partial charge in [-0.05, 0) is 38.0 Å². The SMILES string of the molecule is CCOC(=O)C(CC)n1cnc2sc(C(=O)Nc3ccccc3OC)c(C)c2c1=O. The summed E-state index contributed by atoms with van der Waals surface area (Å²) in [5, 5.41) is 3.15. The number of nitrogens with zero attached hydrogens (tertiary/aromatic N) is 2. The van der Waals surface area contributed by atoms with Crippen LogP contribution in [0.4, 0.5) is 5.69 Å². The zero-order valence-electron chi connectivity index (χ0n) is 17.2. The Morgan fingerprint density at radius 3 is 2.67 bits per heavy atom. The van der Waals surface area contributed by atoms with E-state index in [2.05, 4.69) is 10.3 Å². The van der Waals surface area contributed by atoms with Crippen molar-refractivity contribution in [3.63, 3.8) is 0 Å². The van der Waals surface area contributed by atoms with Gasteiger partial charge in [-0.25, -0.2) is 9.78 Å². The Bertz CT molecular complexity index is 1150. The van der Waals surface area contributed by atoms with Crippen LogP contribution in [0, 0.1) is 6.92 Å². The lowest BCUT2D eigenvalue weighted by molar-refractivity contribution is -0.147. The number of benzene rings is 1. The zero-order chi connectivity index (χ0) is 21.8. The van der Waals surface area contributed by atoms with Gasteiger partial charge in [0.1, 0.15) is 16.6 Å². The molecule has 0 aliphatic heterocycles. The normalized spacial score (nSPS) is 11.9. The summed E-state index contributed by atoms with van der Waals surface area (Å²) in [6.07, 6.45) is 1.73. The molecule has 3 aromatic rings. The fourth-order valence-electron chi connectivity index (χ4n) is 3.22. The number of nitrogens with one attached hydrogen (secondary N) is 1. The molecule has 0 bridgehead atoms. The number of para-hydroxylation sites is 2. The second-order valence-corrected chi connectivity index (χ2v) is 7.52. The molecule has 0 fully saturated rings. The summed E-state index contributed by atoms with van der Waals surface area (Å²) in [5.74, 6) is -0.307. The van der Waals surface area contributed by atoms with Gasteiger partial charge in [0.15, 0.2) is 0 Å². The van der Waals surface area contributed by atoms with Gasteiger partial charge in [-0.3, -0.25) is 14.2 Å². The molecule has 8 nitrogen and oxygen atoms in total. The number of amides is 1. The number of methoxy groups -OCH3 is 1. The second kappa shape index (κ2) is 9.08. The molecule has 0 spiro atoms. The van der Waals surface area contributed by atoms with Gasteiger partial charge in [0.05, 0.1) is 36.0 Å². The summed E-state index contributed by atoms with van der Waals surface area (Å²) >= 11 is 1.13. The third kappa shape index (κ3) is 3.93. The van der Waals surface area contributed by atoms with E-state index in [4.69, 9.17) is 9.47 Å². The second-order valence-electron chi connectivity index (χ2n) is 6.52. The predicted molar refractivity (Wildman–Crippen MR) is 116 cm³/mol. The molecule has 0 aliphatic carbocycles. The van der Waals surface area contributed by atoms with E-state index >= 15 is 0 Å². The summed E-state index contributed by atoms with van der Waals surface area (Å²) < 4.78 is 11.6. The van der Waals surface area contributed by atoms with Crippen LogP contribution in [0.1, 0.15) is 41.5 Å². The van der Waals surface area contributed by atoms with Gasteiger partial charge in [0, 0.05) is 0 Å². The van der Waals surface area contributed by atoms with Gasteiger partial charge in [-0.15, -0.1) is 11.3 Å². The molecular formula is C21H23N3O5S. The molecule has 0 saturated carbocycles. The number of carbonyl (C=O) groups is 2.